The molecule has 3 heteroatoms. The van der Waals surface area contributed by atoms with Gasteiger partial charge in [-0.25, -0.2) is 0 Å². The first-order valence-electron chi connectivity index (χ1n) is 6.68. The highest BCUT2D eigenvalue weighted by Crippen LogP contribution is 2.43. The third-order valence-electron chi connectivity index (χ3n) is 3.86. The number of aliphatic hydroxyl groups excluding tert-OH is 1. The standard InChI is InChI=1S/C13H25NO2/c1-13(6-7-13)10-14-8-11(15)9-16-12-4-2-3-5-12/h11-12,14-15H,2-10H2,1H3. The molecular formula is C13H25NO2. The van der Waals surface area contributed by atoms with Gasteiger partial charge in [-0.1, -0.05) is 19.8 Å². The van der Waals surface area contributed by atoms with Crippen LogP contribution in [0.5, 0.6) is 0 Å². The number of hydrogen-bond donors (Lipinski definition) is 2. The molecule has 2 saturated carbocycles. The Labute approximate surface area is 98.6 Å². The van der Waals surface area contributed by atoms with Gasteiger partial charge in [0, 0.05) is 13.1 Å². The summed E-state index contributed by atoms with van der Waals surface area (Å²) in [5.74, 6) is 0. The normalized spacial score (nSPS) is 25.9. The fourth-order valence-corrected chi connectivity index (χ4v) is 2.29. The second-order valence-electron chi connectivity index (χ2n) is 5.84. The largest absolute Gasteiger partial charge is 0.389 e. The van der Waals surface area contributed by atoms with Crippen molar-refractivity contribution >= 4 is 0 Å². The molecule has 2 fully saturated rings. The average Bonchev–Trinajstić information content (AvgIpc) is 2.81. The predicted octanol–water partition coefficient (Wildman–Crippen LogP) is 1.70. The van der Waals surface area contributed by atoms with Crippen LogP contribution in [0.15, 0.2) is 0 Å². The van der Waals surface area contributed by atoms with Gasteiger partial charge in [-0.15, -0.1) is 0 Å². The van der Waals surface area contributed by atoms with Crippen molar-refractivity contribution in [3.8, 4) is 0 Å². The van der Waals surface area contributed by atoms with Crippen LogP contribution >= 0.6 is 0 Å². The summed E-state index contributed by atoms with van der Waals surface area (Å²) in [6.45, 7) is 4.49. The molecule has 3 nitrogen and oxygen atoms in total. The van der Waals surface area contributed by atoms with E-state index in [1.807, 2.05) is 0 Å². The fourth-order valence-electron chi connectivity index (χ4n) is 2.29. The molecule has 0 aromatic heterocycles. The third kappa shape index (κ3) is 4.04. The van der Waals surface area contributed by atoms with E-state index in [9.17, 15) is 5.11 Å². The molecular weight excluding hydrogens is 202 g/mol. The Morgan fingerprint density at radius 1 is 1.38 bits per heavy atom. The van der Waals surface area contributed by atoms with Gasteiger partial charge in [0.1, 0.15) is 0 Å². The van der Waals surface area contributed by atoms with Crippen LogP contribution in [0.2, 0.25) is 0 Å². The minimum absolute atomic E-state index is 0.344. The van der Waals surface area contributed by atoms with Gasteiger partial charge < -0.3 is 15.2 Å². The zero-order chi connectivity index (χ0) is 11.4. The molecule has 0 saturated heterocycles. The van der Waals surface area contributed by atoms with Gasteiger partial charge in [-0.05, 0) is 31.1 Å². The molecule has 1 unspecified atom stereocenters. The molecule has 2 rings (SSSR count). The molecule has 0 heterocycles. The van der Waals surface area contributed by atoms with Crippen molar-refractivity contribution in [2.75, 3.05) is 19.7 Å². The average molecular weight is 227 g/mol. The van der Waals surface area contributed by atoms with E-state index in [1.165, 1.54) is 38.5 Å². The van der Waals surface area contributed by atoms with E-state index in [2.05, 4.69) is 12.2 Å². The van der Waals surface area contributed by atoms with E-state index >= 15 is 0 Å². The van der Waals surface area contributed by atoms with Crippen LogP contribution in [0, 0.1) is 5.41 Å². The molecule has 2 aliphatic rings. The van der Waals surface area contributed by atoms with Gasteiger partial charge in [0.05, 0.1) is 18.8 Å². The lowest BCUT2D eigenvalue weighted by Gasteiger charge is -2.17. The molecule has 94 valence electrons. The van der Waals surface area contributed by atoms with Crippen LogP contribution < -0.4 is 5.32 Å². The molecule has 2 aliphatic carbocycles. The van der Waals surface area contributed by atoms with Crippen molar-refractivity contribution in [2.45, 2.75) is 57.7 Å². The molecule has 16 heavy (non-hydrogen) atoms. The molecule has 0 spiro atoms. The van der Waals surface area contributed by atoms with Gasteiger partial charge in [0.15, 0.2) is 0 Å². The lowest BCUT2D eigenvalue weighted by molar-refractivity contribution is -0.00565. The molecule has 0 amide bonds. The smallest absolute Gasteiger partial charge is 0.0897 e. The van der Waals surface area contributed by atoms with Crippen LogP contribution in [0.3, 0.4) is 0 Å². The zero-order valence-electron chi connectivity index (χ0n) is 10.4. The Kier molecular flexibility index (Phi) is 4.22. The topological polar surface area (TPSA) is 41.5 Å². The molecule has 0 aliphatic heterocycles. The summed E-state index contributed by atoms with van der Waals surface area (Å²) in [6, 6.07) is 0. The Morgan fingerprint density at radius 2 is 2.06 bits per heavy atom. The SMILES string of the molecule is CC1(CNCC(O)COC2CCCC2)CC1. The lowest BCUT2D eigenvalue weighted by atomic mass is 10.1. The predicted molar refractivity (Wildman–Crippen MR) is 64.4 cm³/mol. The number of aliphatic hydroxyl groups is 1. The Balaban J connectivity index is 1.48. The van der Waals surface area contributed by atoms with Crippen LogP contribution in [0.1, 0.15) is 45.4 Å². The van der Waals surface area contributed by atoms with Crippen LogP contribution in [-0.2, 0) is 4.74 Å². The highest BCUT2D eigenvalue weighted by molar-refractivity contribution is 4.90. The Hall–Kier alpha value is -0.120. The van der Waals surface area contributed by atoms with E-state index in [1.54, 1.807) is 0 Å². The molecule has 1 atom stereocenters. The Morgan fingerprint density at radius 3 is 2.69 bits per heavy atom. The lowest BCUT2D eigenvalue weighted by Crippen LogP contribution is -2.34. The van der Waals surface area contributed by atoms with Crippen LogP contribution in [-0.4, -0.2) is 37.0 Å². The number of rotatable bonds is 7. The summed E-state index contributed by atoms with van der Waals surface area (Å²) >= 11 is 0. The summed E-state index contributed by atoms with van der Waals surface area (Å²) in [6.07, 6.45) is 7.66. The van der Waals surface area contributed by atoms with Crippen LogP contribution in [0.4, 0.5) is 0 Å². The molecule has 2 N–H and O–H groups in total. The zero-order valence-corrected chi connectivity index (χ0v) is 10.4. The maximum Gasteiger partial charge on any atom is 0.0897 e. The monoisotopic (exact) mass is 227 g/mol. The van der Waals surface area contributed by atoms with Crippen molar-refractivity contribution in [3.63, 3.8) is 0 Å². The quantitative estimate of drug-likeness (QED) is 0.695. The van der Waals surface area contributed by atoms with Crippen molar-refractivity contribution < 1.29 is 9.84 Å². The first kappa shape index (κ1) is 12.3. The van der Waals surface area contributed by atoms with Crippen molar-refractivity contribution in [1.82, 2.24) is 5.32 Å². The van der Waals surface area contributed by atoms with E-state index < -0.39 is 0 Å². The van der Waals surface area contributed by atoms with E-state index in [4.69, 9.17) is 4.74 Å². The van der Waals surface area contributed by atoms with Gasteiger partial charge in [-0.2, -0.15) is 0 Å². The van der Waals surface area contributed by atoms with E-state index in [-0.39, 0.29) is 6.10 Å². The van der Waals surface area contributed by atoms with Crippen molar-refractivity contribution in [3.05, 3.63) is 0 Å². The van der Waals surface area contributed by atoms with E-state index in [0.29, 0.717) is 24.7 Å². The second kappa shape index (κ2) is 5.48. The fraction of sp³-hybridized carbons (Fsp3) is 1.00. The van der Waals surface area contributed by atoms with Gasteiger partial charge in [0.2, 0.25) is 0 Å². The minimum Gasteiger partial charge on any atom is -0.389 e. The van der Waals surface area contributed by atoms with Gasteiger partial charge in [0.25, 0.3) is 0 Å². The minimum atomic E-state index is -0.344. The van der Waals surface area contributed by atoms with Gasteiger partial charge >= 0.3 is 0 Å². The third-order valence-corrected chi connectivity index (χ3v) is 3.86. The number of hydrogen-bond acceptors (Lipinski definition) is 3. The van der Waals surface area contributed by atoms with Crippen molar-refractivity contribution in [2.24, 2.45) is 5.41 Å². The number of nitrogens with one attached hydrogen (secondary N) is 1. The molecule has 0 radical (unpaired) electrons. The maximum atomic E-state index is 9.74. The van der Waals surface area contributed by atoms with E-state index in [0.717, 1.165) is 6.54 Å². The highest BCUT2D eigenvalue weighted by Gasteiger charge is 2.36. The summed E-state index contributed by atoms with van der Waals surface area (Å²) in [7, 11) is 0. The van der Waals surface area contributed by atoms with Crippen molar-refractivity contribution in [1.29, 1.82) is 0 Å². The molecule has 0 aromatic carbocycles. The first-order valence-corrected chi connectivity index (χ1v) is 6.68. The molecule has 0 bridgehead atoms. The Bertz CT molecular complexity index is 210. The summed E-state index contributed by atoms with van der Waals surface area (Å²) in [5, 5.41) is 13.1. The van der Waals surface area contributed by atoms with Gasteiger partial charge in [-0.3, -0.25) is 0 Å². The second-order valence-corrected chi connectivity index (χ2v) is 5.84. The molecule has 0 aromatic rings. The number of ether oxygens (including phenoxy) is 1. The summed E-state index contributed by atoms with van der Waals surface area (Å²) in [4.78, 5) is 0. The summed E-state index contributed by atoms with van der Waals surface area (Å²) in [5.41, 5.74) is 0.520. The highest BCUT2D eigenvalue weighted by atomic mass is 16.5. The first-order chi connectivity index (χ1) is 7.68. The summed E-state index contributed by atoms with van der Waals surface area (Å²) < 4.78 is 5.67. The van der Waals surface area contributed by atoms with Crippen LogP contribution in [0.25, 0.3) is 0 Å². The maximum absolute atomic E-state index is 9.74.